The Hall–Kier alpha value is -12.3. The number of nitrogens with zero attached hydrogens (tertiary/aromatic N) is 2. The molecule has 0 spiro atoms. The van der Waals surface area contributed by atoms with Crippen molar-refractivity contribution in [2.75, 3.05) is 10.6 Å². The predicted octanol–water partition coefficient (Wildman–Crippen LogP) is 23.5. The number of carbonyl (C=O) groups is 6. The summed E-state index contributed by atoms with van der Waals surface area (Å²) < 4.78 is 122. The highest BCUT2D eigenvalue weighted by molar-refractivity contribution is 6.45. The Bertz CT molecular complexity index is 5430. The molecule has 2 aliphatic heterocycles. The fraction of sp³-hybridized carbons (Fsp3) is 0.239. The van der Waals surface area contributed by atoms with E-state index in [0.29, 0.717) is 20.6 Å². The largest absolute Gasteiger partial charge is 0.457 e. The maximum Gasteiger partial charge on any atom is 0.391 e. The summed E-state index contributed by atoms with van der Waals surface area (Å²) in [4.78, 5) is 96.0. The normalized spacial score (nSPS) is 14.3. The second kappa shape index (κ2) is 27.3. The Morgan fingerprint density at radius 1 is 0.312 bits per heavy atom. The van der Waals surface area contributed by atoms with E-state index in [4.69, 9.17) is 18.9 Å². The number of hydrogen-bond donors (Lipinski definition) is 2. The highest BCUT2D eigenvalue weighted by Gasteiger charge is 2.50. The first-order valence-electron chi connectivity index (χ1n) is 36.7. The van der Waals surface area contributed by atoms with Gasteiger partial charge in [0.2, 0.25) is 11.8 Å². The smallest absolute Gasteiger partial charge is 0.391 e. The summed E-state index contributed by atoms with van der Waals surface area (Å²) in [5, 5.41) is 7.45. The molecule has 0 aromatic heterocycles. The zero-order valence-electron chi connectivity index (χ0n) is 63.4. The van der Waals surface area contributed by atoms with Gasteiger partial charge in [-0.2, -0.15) is 26.3 Å². The van der Waals surface area contributed by atoms with Crippen molar-refractivity contribution in [3.63, 3.8) is 0 Å². The predicted molar refractivity (Wildman–Crippen MR) is 424 cm³/mol. The number of rotatable bonds is 16. The highest BCUT2D eigenvalue weighted by atomic mass is 19.4. The molecular weight excluding hydrogens is 1440 g/mol. The van der Waals surface area contributed by atoms with Gasteiger partial charge in [-0.05, 0) is 163 Å². The van der Waals surface area contributed by atoms with E-state index in [-0.39, 0.29) is 100 Å². The second-order valence-electron chi connectivity index (χ2n) is 32.9. The summed E-state index contributed by atoms with van der Waals surface area (Å²) in [6.45, 7) is 24.1. The van der Waals surface area contributed by atoms with Gasteiger partial charge in [0.15, 0.2) is 0 Å². The van der Waals surface area contributed by atoms with Crippen molar-refractivity contribution < 1.29 is 74.1 Å². The molecule has 568 valence electrons. The lowest BCUT2D eigenvalue weighted by molar-refractivity contribution is -0.151. The van der Waals surface area contributed by atoms with Crippen molar-refractivity contribution >= 4 is 111 Å². The van der Waals surface area contributed by atoms with Crippen molar-refractivity contribution in [2.24, 2.45) is 0 Å². The number of carbonyl (C=O) groups excluding carboxylic acids is 6. The molecule has 0 saturated heterocycles. The summed E-state index contributed by atoms with van der Waals surface area (Å²) >= 11 is 0. The van der Waals surface area contributed by atoms with Crippen LogP contribution in [0.15, 0.2) is 206 Å². The lowest BCUT2D eigenvalue weighted by atomic mass is 9.80. The van der Waals surface area contributed by atoms with Gasteiger partial charge in [-0.15, -0.1) is 0 Å². The summed E-state index contributed by atoms with van der Waals surface area (Å²) in [7, 11) is 0. The zero-order valence-corrected chi connectivity index (χ0v) is 63.4. The van der Waals surface area contributed by atoms with E-state index in [1.165, 1.54) is 36.4 Å². The number of benzene rings is 13. The van der Waals surface area contributed by atoms with Crippen LogP contribution in [-0.4, -0.2) is 69.7 Å². The number of halogens is 6. The number of hydrogen-bond acceptors (Lipinski definition) is 10. The van der Waals surface area contributed by atoms with Gasteiger partial charge in [-0.25, -0.2) is 0 Å². The summed E-state index contributed by atoms with van der Waals surface area (Å²) in [5.74, 6) is -8.43. The third kappa shape index (κ3) is 14.2. The van der Waals surface area contributed by atoms with Crippen LogP contribution in [0.4, 0.5) is 37.7 Å². The van der Waals surface area contributed by atoms with Crippen molar-refractivity contribution in [3.8, 4) is 46.0 Å². The van der Waals surface area contributed by atoms with Crippen LogP contribution in [-0.2, 0) is 31.2 Å². The maximum absolute atomic E-state index is 16.3. The molecule has 2 N–H and O–H groups in total. The van der Waals surface area contributed by atoms with Gasteiger partial charge in [-0.1, -0.05) is 192 Å². The quantitative estimate of drug-likeness (QED) is 0.0411. The van der Waals surface area contributed by atoms with Crippen molar-refractivity contribution in [2.45, 2.75) is 142 Å². The van der Waals surface area contributed by atoms with Gasteiger partial charge >= 0.3 is 12.4 Å². The molecule has 2 unspecified atom stereocenters. The molecule has 6 amide bonds. The first kappa shape index (κ1) is 75.1. The van der Waals surface area contributed by atoms with Crippen LogP contribution in [0.1, 0.15) is 160 Å². The number of anilines is 2. The van der Waals surface area contributed by atoms with Crippen molar-refractivity contribution in [1.29, 1.82) is 0 Å². The molecule has 112 heavy (non-hydrogen) atoms. The van der Waals surface area contributed by atoms with E-state index in [1.807, 2.05) is 132 Å². The third-order valence-corrected chi connectivity index (χ3v) is 20.9. The number of alkyl halides is 6. The maximum atomic E-state index is 16.3. The molecule has 13 aromatic rings. The molecule has 2 atom stereocenters. The lowest BCUT2D eigenvalue weighted by Gasteiger charge is -2.36. The fourth-order valence-corrected chi connectivity index (χ4v) is 15.1. The first-order valence-corrected chi connectivity index (χ1v) is 36.7. The zero-order chi connectivity index (χ0) is 79.8. The van der Waals surface area contributed by atoms with Crippen LogP contribution in [0.2, 0.25) is 0 Å². The molecule has 0 aliphatic carbocycles. The van der Waals surface area contributed by atoms with Crippen molar-refractivity contribution in [3.05, 3.63) is 251 Å². The minimum Gasteiger partial charge on any atom is -0.457 e. The van der Waals surface area contributed by atoms with E-state index < -0.39 is 117 Å². The molecule has 0 radical (unpaired) electrons. The highest BCUT2D eigenvalue weighted by Crippen LogP contribution is 2.59. The topological polar surface area (TPSA) is 170 Å². The van der Waals surface area contributed by atoms with E-state index in [1.54, 1.807) is 121 Å². The molecule has 2 heterocycles. The Morgan fingerprint density at radius 2 is 0.554 bits per heavy atom. The average Bonchev–Trinajstić information content (AvgIpc) is 0.669. The van der Waals surface area contributed by atoms with Gasteiger partial charge < -0.3 is 29.6 Å². The standard InChI is InChI=1S/C92H78F6N4O10/c1-87(2,3)53-23-33-59(34-24-53)109-69-43-63-73-64(84(106)101(83(63)105)67(47-91(93,94)95)81(103)99-57-31-21-49-17-13-15-19-51(49)41-57)45-71(111-61-37-27-55(28-38-61)89(7,8)9)77-78-72(112-62-39-29-56(30-40-62)90(10,11)12)46-66-74-65(44-70(76(80(74)78)75(69)79(73)77)110-60-35-25-54(26-36-60)88(4,5)6)85(107)102(86(66)108)68(48-92(96,97)98)82(104)100-58-32-22-50-18-14-16-20-52(50)42-58/h13-46,67-68H,47-48H2,1-12H3,(H,99,103)(H,100,104). The Balaban J connectivity index is 1.08. The monoisotopic (exact) mass is 1510 g/mol. The summed E-state index contributed by atoms with van der Waals surface area (Å²) in [6.07, 6.45) is -14.4. The van der Waals surface area contributed by atoms with Crippen LogP contribution in [0.5, 0.6) is 46.0 Å². The van der Waals surface area contributed by atoms with E-state index in [0.717, 1.165) is 33.0 Å². The number of fused-ring (bicyclic) bond motifs is 4. The molecule has 0 bridgehead atoms. The summed E-state index contributed by atoms with van der Waals surface area (Å²) in [6, 6.07) is 51.4. The molecule has 0 saturated carbocycles. The van der Waals surface area contributed by atoms with Gasteiger partial charge in [0.25, 0.3) is 23.6 Å². The molecular formula is C92H78F6N4O10. The minimum absolute atomic E-state index is 0.0107. The average molecular weight is 1510 g/mol. The Kier molecular flexibility index (Phi) is 18.3. The van der Waals surface area contributed by atoms with E-state index in [2.05, 4.69) is 10.6 Å². The number of imide groups is 2. The van der Waals surface area contributed by atoms with Gasteiger partial charge in [0.05, 0.1) is 35.1 Å². The van der Waals surface area contributed by atoms with Crippen LogP contribution < -0.4 is 29.6 Å². The lowest BCUT2D eigenvalue weighted by Crippen LogP contribution is -2.53. The van der Waals surface area contributed by atoms with Crippen LogP contribution in [0.3, 0.4) is 0 Å². The third-order valence-electron chi connectivity index (χ3n) is 20.9. The minimum atomic E-state index is -5.18. The summed E-state index contributed by atoms with van der Waals surface area (Å²) in [5.41, 5.74) is 0.348. The van der Waals surface area contributed by atoms with E-state index in [9.17, 15) is 0 Å². The van der Waals surface area contributed by atoms with Gasteiger partial charge in [0.1, 0.15) is 58.1 Å². The molecule has 15 rings (SSSR count). The van der Waals surface area contributed by atoms with E-state index >= 15 is 55.1 Å². The first-order chi connectivity index (χ1) is 52.7. The molecule has 13 aromatic carbocycles. The number of nitrogens with one attached hydrogen (secondary N) is 2. The Morgan fingerprint density at radius 3 is 0.786 bits per heavy atom. The van der Waals surface area contributed by atoms with Crippen molar-refractivity contribution in [1.82, 2.24) is 9.80 Å². The molecule has 20 heteroatoms. The fourth-order valence-electron chi connectivity index (χ4n) is 15.1. The number of amides is 6. The van der Waals surface area contributed by atoms with Crippen LogP contribution in [0.25, 0.3) is 64.6 Å². The molecule has 0 fully saturated rings. The van der Waals surface area contributed by atoms with Gasteiger partial charge in [-0.3, -0.25) is 38.6 Å². The van der Waals surface area contributed by atoms with Crippen LogP contribution in [0, 0.1) is 0 Å². The Labute approximate surface area is 641 Å². The second-order valence-corrected chi connectivity index (χ2v) is 32.9. The molecule has 14 nitrogen and oxygen atoms in total. The van der Waals surface area contributed by atoms with Gasteiger partial charge in [0, 0.05) is 54.5 Å². The SMILES string of the molecule is CC(C)(C)c1ccc(Oc2cc3c4c(cc(Oc5ccc(C(C)(C)C)cc5)c5c6c(Oc7ccc(C(C)(C)C)cc7)cc7c8c(cc(Oc9ccc(C(C)(C)C)cc9)c(c2c45)c86)C(=O)N(C(CC(F)(F)F)C(=O)Nc2ccc4ccccc4c2)C7=O)C(=O)N(C(CC(F)(F)F)C(=O)Nc2ccc4ccccc4c2)C3=O)cc1. The number of ether oxygens (including phenoxy) is 4. The molecule has 2 aliphatic rings. The van der Waals surface area contributed by atoms with Crippen LogP contribution >= 0.6 is 0 Å².